The van der Waals surface area contributed by atoms with Crippen molar-refractivity contribution in [2.24, 2.45) is 0 Å². The molecule has 27 heavy (non-hydrogen) atoms. The van der Waals surface area contributed by atoms with E-state index in [-0.39, 0.29) is 24.9 Å². The van der Waals surface area contributed by atoms with Gasteiger partial charge >= 0.3 is 5.97 Å². The maximum atomic E-state index is 12.1. The quantitative estimate of drug-likeness (QED) is 0.594. The molecule has 0 aliphatic rings. The van der Waals surface area contributed by atoms with Crippen LogP contribution in [0.4, 0.5) is 10.8 Å². The van der Waals surface area contributed by atoms with Crippen LogP contribution in [0.2, 0.25) is 0 Å². The van der Waals surface area contributed by atoms with E-state index < -0.39 is 0 Å². The number of nitrogens with zero attached hydrogens (tertiary/aromatic N) is 2. The molecular formula is C21H20N2O3S. The molecule has 0 aliphatic carbocycles. The van der Waals surface area contributed by atoms with Gasteiger partial charge in [0.1, 0.15) is 6.61 Å². The smallest absolute Gasteiger partial charge is 0.310 e. The number of aryl methyl sites for hydroxylation is 1. The van der Waals surface area contributed by atoms with Crippen molar-refractivity contribution in [1.29, 1.82) is 0 Å². The normalized spacial score (nSPS) is 10.4. The average molecular weight is 380 g/mol. The summed E-state index contributed by atoms with van der Waals surface area (Å²) in [5.41, 5.74) is 3.43. The van der Waals surface area contributed by atoms with Crippen molar-refractivity contribution in [2.75, 3.05) is 4.90 Å². The molecule has 0 aliphatic heterocycles. The Kier molecular flexibility index (Phi) is 5.98. The molecule has 3 aromatic rings. The number of para-hydroxylation sites is 1. The maximum Gasteiger partial charge on any atom is 0.310 e. The van der Waals surface area contributed by atoms with Gasteiger partial charge in [-0.2, -0.15) is 0 Å². The van der Waals surface area contributed by atoms with E-state index in [1.54, 1.807) is 10.3 Å². The highest BCUT2D eigenvalue weighted by Gasteiger charge is 2.18. The fourth-order valence-corrected chi connectivity index (χ4v) is 3.42. The van der Waals surface area contributed by atoms with Crippen molar-refractivity contribution in [3.05, 3.63) is 76.8 Å². The minimum Gasteiger partial charge on any atom is -0.459 e. The summed E-state index contributed by atoms with van der Waals surface area (Å²) >= 11 is 1.34. The Bertz CT molecular complexity index is 920. The molecule has 0 fully saturated rings. The second kappa shape index (κ2) is 8.60. The predicted octanol–water partition coefficient (Wildman–Crippen LogP) is 4.42. The highest BCUT2D eigenvalue weighted by Crippen LogP contribution is 2.28. The van der Waals surface area contributed by atoms with E-state index in [1.807, 2.05) is 61.5 Å². The number of ether oxygens (including phenoxy) is 1. The summed E-state index contributed by atoms with van der Waals surface area (Å²) in [6.45, 7) is 3.58. The monoisotopic (exact) mass is 380 g/mol. The summed E-state index contributed by atoms with van der Waals surface area (Å²) in [6, 6.07) is 17.1. The zero-order chi connectivity index (χ0) is 19.2. The highest BCUT2D eigenvalue weighted by molar-refractivity contribution is 7.14. The summed E-state index contributed by atoms with van der Waals surface area (Å²) in [4.78, 5) is 30.1. The van der Waals surface area contributed by atoms with Gasteiger partial charge in [-0.1, -0.05) is 48.0 Å². The van der Waals surface area contributed by atoms with Gasteiger partial charge in [0, 0.05) is 12.3 Å². The van der Waals surface area contributed by atoms with Crippen LogP contribution in [-0.2, 0) is 27.4 Å². The number of rotatable bonds is 6. The van der Waals surface area contributed by atoms with Crippen molar-refractivity contribution in [3.63, 3.8) is 0 Å². The van der Waals surface area contributed by atoms with Gasteiger partial charge in [-0.15, -0.1) is 11.3 Å². The molecule has 0 saturated carbocycles. The fourth-order valence-electron chi connectivity index (χ4n) is 2.55. The molecule has 5 nitrogen and oxygen atoms in total. The molecule has 138 valence electrons. The summed E-state index contributed by atoms with van der Waals surface area (Å²) in [5.74, 6) is -0.432. The molecule has 0 spiro atoms. The Labute approximate surface area is 162 Å². The van der Waals surface area contributed by atoms with Crippen molar-refractivity contribution in [3.8, 4) is 0 Å². The topological polar surface area (TPSA) is 59.5 Å². The van der Waals surface area contributed by atoms with Crippen molar-refractivity contribution < 1.29 is 14.3 Å². The first-order valence-corrected chi connectivity index (χ1v) is 9.42. The molecule has 0 saturated heterocycles. The highest BCUT2D eigenvalue weighted by atomic mass is 32.1. The average Bonchev–Trinajstić information content (AvgIpc) is 3.11. The van der Waals surface area contributed by atoms with Crippen LogP contribution in [0.3, 0.4) is 0 Å². The van der Waals surface area contributed by atoms with Gasteiger partial charge in [0.05, 0.1) is 17.8 Å². The fraction of sp³-hybridized carbons (Fsp3) is 0.190. The van der Waals surface area contributed by atoms with Crippen molar-refractivity contribution in [2.45, 2.75) is 26.9 Å². The molecule has 0 radical (unpaired) electrons. The van der Waals surface area contributed by atoms with Gasteiger partial charge in [-0.05, 0) is 24.6 Å². The third-order valence-corrected chi connectivity index (χ3v) is 4.78. The minimum atomic E-state index is -0.306. The van der Waals surface area contributed by atoms with Crippen LogP contribution in [0.15, 0.2) is 60.0 Å². The Balaban J connectivity index is 1.62. The number of benzene rings is 2. The first kappa shape index (κ1) is 18.8. The van der Waals surface area contributed by atoms with E-state index in [2.05, 4.69) is 4.98 Å². The minimum absolute atomic E-state index is 0.0850. The number of thiazole rings is 1. The standard InChI is InChI=1S/C21H20N2O3S/c1-15-8-10-17(11-9-15)12-20(25)26-13-18-14-27-21(22-18)23(16(2)24)19-6-4-3-5-7-19/h3-11,14H,12-13H2,1-2H3. The lowest BCUT2D eigenvalue weighted by Gasteiger charge is -2.17. The predicted molar refractivity (Wildman–Crippen MR) is 106 cm³/mol. The number of aromatic nitrogens is 1. The van der Waals surface area contributed by atoms with Crippen LogP contribution in [0.1, 0.15) is 23.7 Å². The van der Waals surface area contributed by atoms with Gasteiger partial charge in [0.25, 0.3) is 0 Å². The Morgan fingerprint density at radius 3 is 2.44 bits per heavy atom. The molecule has 6 heteroatoms. The number of carbonyl (C=O) groups is 2. The van der Waals surface area contributed by atoms with Crippen LogP contribution in [0.5, 0.6) is 0 Å². The second-order valence-corrected chi connectivity index (χ2v) is 6.97. The molecular weight excluding hydrogens is 360 g/mol. The maximum absolute atomic E-state index is 12.1. The van der Waals surface area contributed by atoms with E-state index >= 15 is 0 Å². The number of esters is 1. The summed E-state index contributed by atoms with van der Waals surface area (Å²) in [5, 5.41) is 2.35. The van der Waals surface area contributed by atoms with E-state index in [9.17, 15) is 9.59 Å². The third-order valence-electron chi connectivity index (χ3n) is 3.91. The molecule has 1 heterocycles. The van der Waals surface area contributed by atoms with Crippen molar-refractivity contribution in [1.82, 2.24) is 4.98 Å². The van der Waals surface area contributed by atoms with Crippen LogP contribution >= 0.6 is 11.3 Å². The Morgan fingerprint density at radius 2 is 1.78 bits per heavy atom. The first-order chi connectivity index (χ1) is 13.0. The van der Waals surface area contributed by atoms with E-state index in [4.69, 9.17) is 4.74 Å². The summed E-state index contributed by atoms with van der Waals surface area (Å²) < 4.78 is 5.32. The van der Waals surface area contributed by atoms with Gasteiger partial charge in [-0.3, -0.25) is 14.5 Å². The van der Waals surface area contributed by atoms with Gasteiger partial charge in [-0.25, -0.2) is 4.98 Å². The summed E-state index contributed by atoms with van der Waals surface area (Å²) in [7, 11) is 0. The van der Waals surface area contributed by atoms with Gasteiger partial charge in [0.2, 0.25) is 5.91 Å². The molecule has 2 aromatic carbocycles. The van der Waals surface area contributed by atoms with Crippen LogP contribution in [0.25, 0.3) is 0 Å². The molecule has 0 atom stereocenters. The first-order valence-electron chi connectivity index (χ1n) is 8.54. The number of amides is 1. The second-order valence-electron chi connectivity index (χ2n) is 6.13. The van der Waals surface area contributed by atoms with Crippen LogP contribution in [-0.4, -0.2) is 16.9 Å². The molecule has 3 rings (SSSR count). The lowest BCUT2D eigenvalue weighted by Crippen LogP contribution is -2.22. The number of anilines is 2. The number of carbonyl (C=O) groups excluding carboxylic acids is 2. The summed E-state index contributed by atoms with van der Waals surface area (Å²) in [6.07, 6.45) is 0.223. The largest absolute Gasteiger partial charge is 0.459 e. The zero-order valence-corrected chi connectivity index (χ0v) is 16.0. The lowest BCUT2D eigenvalue weighted by atomic mass is 10.1. The van der Waals surface area contributed by atoms with Gasteiger partial charge < -0.3 is 4.74 Å². The molecule has 0 unspecified atom stereocenters. The Hall–Kier alpha value is -2.99. The SMILES string of the molecule is CC(=O)N(c1ccccc1)c1nc(COC(=O)Cc2ccc(C)cc2)cs1. The molecule has 0 bridgehead atoms. The molecule has 1 amide bonds. The molecule has 0 N–H and O–H groups in total. The number of hydrogen-bond donors (Lipinski definition) is 0. The lowest BCUT2D eigenvalue weighted by molar-refractivity contribution is -0.144. The van der Waals surface area contributed by atoms with Gasteiger partial charge in [0.15, 0.2) is 5.13 Å². The van der Waals surface area contributed by atoms with Crippen LogP contribution < -0.4 is 4.90 Å². The van der Waals surface area contributed by atoms with E-state index in [0.29, 0.717) is 10.8 Å². The Morgan fingerprint density at radius 1 is 1.07 bits per heavy atom. The van der Waals surface area contributed by atoms with Crippen LogP contribution in [0, 0.1) is 6.92 Å². The van der Waals surface area contributed by atoms with Crippen molar-refractivity contribution >= 4 is 34.0 Å². The zero-order valence-electron chi connectivity index (χ0n) is 15.2. The third kappa shape index (κ3) is 5.01. The van der Waals surface area contributed by atoms with E-state index in [0.717, 1.165) is 16.8 Å². The molecule has 1 aromatic heterocycles. The van der Waals surface area contributed by atoms with E-state index in [1.165, 1.54) is 18.3 Å². The number of hydrogen-bond acceptors (Lipinski definition) is 5.